The number of piperidine rings is 1. The highest BCUT2D eigenvalue weighted by molar-refractivity contribution is 7.99. The van der Waals surface area contributed by atoms with Gasteiger partial charge in [0, 0.05) is 56.4 Å². The molecule has 0 atom stereocenters. The first kappa shape index (κ1) is 21.3. The number of hydrogen-bond acceptors (Lipinski definition) is 4. The monoisotopic (exact) mass is 396 g/mol. The van der Waals surface area contributed by atoms with Gasteiger partial charge >= 0.3 is 0 Å². The molecule has 2 aliphatic heterocycles. The lowest BCUT2D eigenvalue weighted by molar-refractivity contribution is 0.0261. The predicted molar refractivity (Wildman–Crippen MR) is 117 cm³/mol. The van der Waals surface area contributed by atoms with Crippen molar-refractivity contribution in [1.29, 1.82) is 0 Å². The van der Waals surface area contributed by atoms with Gasteiger partial charge < -0.3 is 15.0 Å². The minimum atomic E-state index is 0.309. The van der Waals surface area contributed by atoms with Crippen LogP contribution in [-0.4, -0.2) is 84.8 Å². The van der Waals surface area contributed by atoms with Gasteiger partial charge in [0.1, 0.15) is 0 Å². The maximum Gasteiger partial charge on any atom is 0.193 e. The zero-order valence-corrected chi connectivity index (χ0v) is 18.4. The summed E-state index contributed by atoms with van der Waals surface area (Å²) in [7, 11) is 0. The van der Waals surface area contributed by atoms with Gasteiger partial charge in [-0.3, -0.25) is 9.89 Å². The molecule has 3 rings (SSSR count). The molecule has 156 valence electrons. The number of nitrogens with one attached hydrogen (secondary N) is 1. The van der Waals surface area contributed by atoms with Crippen LogP contribution in [0.3, 0.4) is 0 Å². The molecule has 2 heterocycles. The van der Waals surface area contributed by atoms with Crippen LogP contribution in [0.2, 0.25) is 0 Å². The van der Waals surface area contributed by atoms with Crippen LogP contribution in [0.15, 0.2) is 4.99 Å². The summed E-state index contributed by atoms with van der Waals surface area (Å²) in [5, 5.41) is 3.57. The molecule has 0 aromatic rings. The van der Waals surface area contributed by atoms with E-state index in [1.165, 1.54) is 56.7 Å². The number of likely N-dealkylation sites (tertiary alicyclic amines) is 1. The average molecular weight is 397 g/mol. The molecule has 6 heteroatoms. The van der Waals surface area contributed by atoms with Gasteiger partial charge in [0.05, 0.1) is 12.6 Å². The molecule has 3 fully saturated rings. The maximum absolute atomic E-state index is 5.83. The smallest absolute Gasteiger partial charge is 0.193 e. The van der Waals surface area contributed by atoms with E-state index in [2.05, 4.69) is 40.7 Å². The highest BCUT2D eigenvalue weighted by Crippen LogP contribution is 2.35. The van der Waals surface area contributed by atoms with Crippen LogP contribution in [0.4, 0.5) is 0 Å². The van der Waals surface area contributed by atoms with E-state index in [1.54, 1.807) is 0 Å². The first-order valence-corrected chi connectivity index (χ1v) is 12.4. The van der Waals surface area contributed by atoms with E-state index in [0.29, 0.717) is 11.6 Å². The van der Waals surface area contributed by atoms with E-state index >= 15 is 0 Å². The number of nitrogens with zero attached hydrogens (tertiary/aromatic N) is 3. The SMILES string of the molecule is CCNC(=NCC1(N2CCSCC2)CCCCC1)N1CCC(OCC)CC1. The molecule has 0 amide bonds. The van der Waals surface area contributed by atoms with Crippen molar-refractivity contribution >= 4 is 17.7 Å². The van der Waals surface area contributed by atoms with Crippen LogP contribution in [0, 0.1) is 0 Å². The van der Waals surface area contributed by atoms with Crippen LogP contribution in [-0.2, 0) is 4.74 Å². The lowest BCUT2D eigenvalue weighted by atomic mass is 9.80. The van der Waals surface area contributed by atoms with E-state index in [9.17, 15) is 0 Å². The number of guanidine groups is 1. The van der Waals surface area contributed by atoms with Crippen molar-refractivity contribution in [2.45, 2.75) is 70.4 Å². The van der Waals surface area contributed by atoms with E-state index in [4.69, 9.17) is 9.73 Å². The molecule has 2 saturated heterocycles. The van der Waals surface area contributed by atoms with Crippen molar-refractivity contribution in [3.63, 3.8) is 0 Å². The normalized spacial score (nSPS) is 25.6. The lowest BCUT2D eigenvalue weighted by Gasteiger charge is -2.47. The zero-order chi connectivity index (χ0) is 19.0. The Hall–Kier alpha value is -0.460. The number of aliphatic imine (C=N–C) groups is 1. The largest absolute Gasteiger partial charge is 0.378 e. The van der Waals surface area contributed by atoms with Crippen LogP contribution >= 0.6 is 11.8 Å². The Morgan fingerprint density at radius 1 is 1.07 bits per heavy atom. The first-order chi connectivity index (χ1) is 13.3. The molecule has 5 nitrogen and oxygen atoms in total. The van der Waals surface area contributed by atoms with Crippen LogP contribution in [0.25, 0.3) is 0 Å². The second-order valence-corrected chi connectivity index (χ2v) is 9.42. The van der Waals surface area contributed by atoms with E-state index in [-0.39, 0.29) is 0 Å². The molecule has 3 aliphatic rings. The van der Waals surface area contributed by atoms with Gasteiger partial charge in [-0.15, -0.1) is 0 Å². The summed E-state index contributed by atoms with van der Waals surface area (Å²) in [4.78, 5) is 10.5. The Balaban J connectivity index is 1.66. The van der Waals surface area contributed by atoms with Gasteiger partial charge in [-0.25, -0.2) is 0 Å². The summed E-state index contributed by atoms with van der Waals surface area (Å²) in [6.07, 6.45) is 9.47. The first-order valence-electron chi connectivity index (χ1n) is 11.2. The minimum Gasteiger partial charge on any atom is -0.378 e. The van der Waals surface area contributed by atoms with Crippen molar-refractivity contribution in [3.8, 4) is 0 Å². The summed E-state index contributed by atoms with van der Waals surface area (Å²) < 4.78 is 5.83. The molecule has 0 aromatic carbocycles. The predicted octanol–water partition coefficient (Wildman–Crippen LogP) is 3.20. The van der Waals surface area contributed by atoms with E-state index in [1.807, 2.05) is 0 Å². The van der Waals surface area contributed by atoms with Crippen molar-refractivity contribution in [3.05, 3.63) is 0 Å². The van der Waals surface area contributed by atoms with Crippen molar-refractivity contribution in [2.24, 2.45) is 4.99 Å². The van der Waals surface area contributed by atoms with Gasteiger partial charge in [-0.05, 0) is 39.5 Å². The number of rotatable bonds is 6. The standard InChI is InChI=1S/C21H40N4OS/c1-3-22-20(24-12-8-19(9-13-24)26-4-2)23-18-21(10-6-5-7-11-21)25-14-16-27-17-15-25/h19H,3-18H2,1-2H3,(H,22,23). The van der Waals surface area contributed by atoms with Crippen LogP contribution in [0.1, 0.15) is 58.8 Å². The fourth-order valence-electron chi connectivity index (χ4n) is 4.94. The molecule has 1 saturated carbocycles. The Kier molecular flexibility index (Phi) is 8.59. The highest BCUT2D eigenvalue weighted by atomic mass is 32.2. The molecule has 0 radical (unpaired) electrons. The Labute approximate surface area is 170 Å². The fraction of sp³-hybridized carbons (Fsp3) is 0.952. The molecule has 1 N–H and O–H groups in total. The topological polar surface area (TPSA) is 40.1 Å². The number of hydrogen-bond donors (Lipinski definition) is 1. The summed E-state index contributed by atoms with van der Waals surface area (Å²) >= 11 is 2.11. The quantitative estimate of drug-likeness (QED) is 0.551. The van der Waals surface area contributed by atoms with Crippen molar-refractivity contribution in [1.82, 2.24) is 15.1 Å². The minimum absolute atomic E-state index is 0.309. The summed E-state index contributed by atoms with van der Waals surface area (Å²) in [6.45, 7) is 11.6. The second-order valence-electron chi connectivity index (χ2n) is 8.20. The van der Waals surface area contributed by atoms with Gasteiger partial charge in [-0.1, -0.05) is 19.3 Å². The Morgan fingerprint density at radius 2 is 1.78 bits per heavy atom. The molecule has 1 aliphatic carbocycles. The average Bonchev–Trinajstić information content (AvgIpc) is 2.73. The van der Waals surface area contributed by atoms with Gasteiger partial charge in [0.25, 0.3) is 0 Å². The van der Waals surface area contributed by atoms with Gasteiger partial charge in [0.15, 0.2) is 5.96 Å². The van der Waals surface area contributed by atoms with Crippen LogP contribution in [0.5, 0.6) is 0 Å². The summed E-state index contributed by atoms with van der Waals surface area (Å²) in [5.74, 6) is 3.70. The fourth-order valence-corrected chi connectivity index (χ4v) is 5.84. The zero-order valence-electron chi connectivity index (χ0n) is 17.5. The third kappa shape index (κ3) is 5.77. The molecular formula is C21H40N4OS. The molecule has 0 spiro atoms. The van der Waals surface area contributed by atoms with E-state index < -0.39 is 0 Å². The molecule has 27 heavy (non-hydrogen) atoms. The van der Waals surface area contributed by atoms with Crippen molar-refractivity contribution in [2.75, 3.05) is 57.4 Å². The molecule has 0 unspecified atom stereocenters. The van der Waals surface area contributed by atoms with Crippen molar-refractivity contribution < 1.29 is 4.74 Å². The third-order valence-corrected chi connectivity index (χ3v) is 7.41. The number of thioether (sulfide) groups is 1. The molecule has 0 aromatic heterocycles. The van der Waals surface area contributed by atoms with Crippen LogP contribution < -0.4 is 5.32 Å². The summed E-state index contributed by atoms with van der Waals surface area (Å²) in [6, 6.07) is 0. The van der Waals surface area contributed by atoms with Gasteiger partial charge in [-0.2, -0.15) is 11.8 Å². The Morgan fingerprint density at radius 3 is 2.41 bits per heavy atom. The highest BCUT2D eigenvalue weighted by Gasteiger charge is 2.38. The molecule has 0 bridgehead atoms. The summed E-state index contributed by atoms with van der Waals surface area (Å²) in [5.41, 5.74) is 0.309. The maximum atomic E-state index is 5.83. The van der Waals surface area contributed by atoms with Gasteiger partial charge in [0.2, 0.25) is 0 Å². The lowest BCUT2D eigenvalue weighted by Crippen LogP contribution is -2.56. The van der Waals surface area contributed by atoms with E-state index in [0.717, 1.165) is 51.6 Å². The third-order valence-electron chi connectivity index (χ3n) is 6.47. The second kappa shape index (κ2) is 10.9. The Bertz CT molecular complexity index is 453. The number of ether oxygens (including phenoxy) is 1. The molecular weight excluding hydrogens is 356 g/mol.